The lowest BCUT2D eigenvalue weighted by Gasteiger charge is -2.25. The van der Waals surface area contributed by atoms with E-state index < -0.39 is 0 Å². The molecule has 4 heteroatoms. The molecule has 3 nitrogen and oxygen atoms in total. The number of carbonyl (C=O) groups is 1. The lowest BCUT2D eigenvalue weighted by Crippen LogP contribution is -2.29. The average molecular weight is 330 g/mol. The molecule has 0 saturated carbocycles. The molecule has 0 bridgehead atoms. The Morgan fingerprint density at radius 2 is 2.09 bits per heavy atom. The van der Waals surface area contributed by atoms with Crippen molar-refractivity contribution in [3.8, 4) is 5.75 Å². The Morgan fingerprint density at radius 1 is 1.22 bits per heavy atom. The molecule has 0 spiro atoms. The molecule has 1 heterocycles. The first-order valence-corrected chi connectivity index (χ1v) is 8.32. The molecule has 1 atom stereocenters. The summed E-state index contributed by atoms with van der Waals surface area (Å²) in [6.45, 7) is 1.44. The van der Waals surface area contributed by atoms with Crippen molar-refractivity contribution < 1.29 is 9.53 Å². The fraction of sp³-hybridized carbons (Fsp3) is 0.316. The first kappa shape index (κ1) is 15.9. The molecule has 1 unspecified atom stereocenters. The summed E-state index contributed by atoms with van der Waals surface area (Å²) in [6.07, 6.45) is 3.80. The van der Waals surface area contributed by atoms with Gasteiger partial charge in [0.15, 0.2) is 0 Å². The summed E-state index contributed by atoms with van der Waals surface area (Å²) < 4.78 is 5.89. The van der Waals surface area contributed by atoms with Gasteiger partial charge in [0.05, 0.1) is 0 Å². The molecule has 0 amide bonds. The minimum Gasteiger partial charge on any atom is -0.489 e. The number of anilines is 1. The standard InChI is InChI=1S/C19H20ClNO2/c20-19-9-2-1-5-15(19)14-23-18-8-3-6-17(13-18)21-11-4-7-16(21)10-12-22/h1-3,5-6,8-9,12-13,16H,4,7,10-11,14H2. The minimum absolute atomic E-state index is 0.311. The number of hydrogen-bond donors (Lipinski definition) is 0. The van der Waals surface area contributed by atoms with Crippen molar-refractivity contribution in [3.05, 3.63) is 59.1 Å². The smallest absolute Gasteiger partial charge is 0.122 e. The number of aldehydes is 1. The van der Waals surface area contributed by atoms with Crippen LogP contribution in [-0.2, 0) is 11.4 Å². The topological polar surface area (TPSA) is 29.5 Å². The van der Waals surface area contributed by atoms with Gasteiger partial charge in [-0.25, -0.2) is 0 Å². The molecule has 0 aliphatic carbocycles. The molecule has 1 aliphatic heterocycles. The second kappa shape index (κ2) is 7.51. The largest absolute Gasteiger partial charge is 0.489 e. The van der Waals surface area contributed by atoms with Gasteiger partial charge < -0.3 is 14.4 Å². The quantitative estimate of drug-likeness (QED) is 0.732. The maximum absolute atomic E-state index is 10.8. The Kier molecular flexibility index (Phi) is 5.19. The van der Waals surface area contributed by atoms with E-state index in [0.717, 1.165) is 42.7 Å². The maximum Gasteiger partial charge on any atom is 0.122 e. The Morgan fingerprint density at radius 3 is 2.91 bits per heavy atom. The van der Waals surface area contributed by atoms with E-state index in [4.69, 9.17) is 16.3 Å². The maximum atomic E-state index is 10.8. The Bertz CT molecular complexity index is 674. The van der Waals surface area contributed by atoms with E-state index >= 15 is 0 Å². The van der Waals surface area contributed by atoms with Crippen LogP contribution >= 0.6 is 11.6 Å². The number of carbonyl (C=O) groups excluding carboxylic acids is 1. The number of ether oxygens (including phenoxy) is 1. The first-order chi connectivity index (χ1) is 11.3. The van der Waals surface area contributed by atoms with Crippen LogP contribution in [0.4, 0.5) is 5.69 Å². The highest BCUT2D eigenvalue weighted by Crippen LogP contribution is 2.30. The molecule has 0 aromatic heterocycles. The molecule has 2 aromatic carbocycles. The van der Waals surface area contributed by atoms with E-state index in [2.05, 4.69) is 11.0 Å². The Labute approximate surface area is 141 Å². The zero-order valence-electron chi connectivity index (χ0n) is 13.0. The van der Waals surface area contributed by atoms with Gasteiger partial charge in [-0.1, -0.05) is 35.9 Å². The lowest BCUT2D eigenvalue weighted by atomic mass is 10.1. The van der Waals surface area contributed by atoms with E-state index in [1.807, 2.05) is 42.5 Å². The average Bonchev–Trinajstić information content (AvgIpc) is 3.03. The highest BCUT2D eigenvalue weighted by molar-refractivity contribution is 6.31. The van der Waals surface area contributed by atoms with E-state index in [1.165, 1.54) is 0 Å². The van der Waals surface area contributed by atoms with Crippen LogP contribution < -0.4 is 9.64 Å². The van der Waals surface area contributed by atoms with Gasteiger partial charge in [-0.3, -0.25) is 0 Å². The summed E-state index contributed by atoms with van der Waals surface area (Å²) in [4.78, 5) is 13.1. The van der Waals surface area contributed by atoms with Gasteiger partial charge in [-0.15, -0.1) is 0 Å². The van der Waals surface area contributed by atoms with Crippen molar-refractivity contribution >= 4 is 23.6 Å². The number of nitrogens with zero attached hydrogens (tertiary/aromatic N) is 1. The first-order valence-electron chi connectivity index (χ1n) is 7.94. The van der Waals surface area contributed by atoms with Gasteiger partial charge in [0.2, 0.25) is 0 Å². The fourth-order valence-electron chi connectivity index (χ4n) is 3.06. The SMILES string of the molecule is O=CCC1CCCN1c1cccc(OCc2ccccc2Cl)c1. The predicted molar refractivity (Wildman–Crippen MR) is 93.3 cm³/mol. The highest BCUT2D eigenvalue weighted by Gasteiger charge is 2.24. The number of benzene rings is 2. The molecule has 1 aliphatic rings. The minimum atomic E-state index is 0.311. The van der Waals surface area contributed by atoms with Crippen LogP contribution in [0, 0.1) is 0 Å². The van der Waals surface area contributed by atoms with Crippen LogP contribution in [0.1, 0.15) is 24.8 Å². The highest BCUT2D eigenvalue weighted by atomic mass is 35.5. The summed E-state index contributed by atoms with van der Waals surface area (Å²) in [6, 6.07) is 16.1. The third-order valence-corrected chi connectivity index (χ3v) is 4.62. The van der Waals surface area contributed by atoms with Gasteiger partial charge >= 0.3 is 0 Å². The van der Waals surface area contributed by atoms with Crippen LogP contribution in [0.25, 0.3) is 0 Å². The van der Waals surface area contributed by atoms with Crippen LogP contribution in [-0.4, -0.2) is 18.9 Å². The van der Waals surface area contributed by atoms with Gasteiger partial charge in [-0.05, 0) is 31.0 Å². The molecule has 0 radical (unpaired) electrons. The van der Waals surface area contributed by atoms with E-state index in [-0.39, 0.29) is 0 Å². The zero-order chi connectivity index (χ0) is 16.1. The predicted octanol–water partition coefficient (Wildman–Crippen LogP) is 4.48. The third-order valence-electron chi connectivity index (χ3n) is 4.25. The summed E-state index contributed by atoms with van der Waals surface area (Å²) >= 11 is 6.16. The third kappa shape index (κ3) is 3.85. The monoisotopic (exact) mass is 329 g/mol. The van der Waals surface area contributed by atoms with Gasteiger partial charge in [0.25, 0.3) is 0 Å². The van der Waals surface area contributed by atoms with E-state index in [9.17, 15) is 4.79 Å². The molecule has 23 heavy (non-hydrogen) atoms. The second-order valence-electron chi connectivity index (χ2n) is 5.77. The van der Waals surface area contributed by atoms with Crippen LogP contribution in [0.5, 0.6) is 5.75 Å². The number of hydrogen-bond acceptors (Lipinski definition) is 3. The Balaban J connectivity index is 1.70. The molecule has 3 rings (SSSR count). The summed E-state index contributed by atoms with van der Waals surface area (Å²) in [7, 11) is 0. The molecule has 1 fully saturated rings. The van der Waals surface area contributed by atoms with Crippen molar-refractivity contribution in [2.24, 2.45) is 0 Å². The molecule has 1 saturated heterocycles. The molecule has 2 aromatic rings. The van der Waals surface area contributed by atoms with Crippen molar-refractivity contribution in [3.63, 3.8) is 0 Å². The van der Waals surface area contributed by atoms with Gasteiger partial charge in [0.1, 0.15) is 18.6 Å². The number of rotatable bonds is 6. The molecule has 120 valence electrons. The van der Waals surface area contributed by atoms with E-state index in [0.29, 0.717) is 24.1 Å². The fourth-order valence-corrected chi connectivity index (χ4v) is 3.25. The van der Waals surface area contributed by atoms with Crippen LogP contribution in [0.2, 0.25) is 5.02 Å². The molecular weight excluding hydrogens is 310 g/mol. The van der Waals surface area contributed by atoms with Crippen molar-refractivity contribution in [1.82, 2.24) is 0 Å². The van der Waals surface area contributed by atoms with Crippen LogP contribution in [0.15, 0.2) is 48.5 Å². The van der Waals surface area contributed by atoms with Crippen LogP contribution in [0.3, 0.4) is 0 Å². The van der Waals surface area contributed by atoms with Gasteiger partial charge in [-0.2, -0.15) is 0 Å². The second-order valence-corrected chi connectivity index (χ2v) is 6.18. The lowest BCUT2D eigenvalue weighted by molar-refractivity contribution is -0.108. The van der Waals surface area contributed by atoms with Crippen molar-refractivity contribution in [1.29, 1.82) is 0 Å². The summed E-state index contributed by atoms with van der Waals surface area (Å²) in [5, 5.41) is 0.717. The van der Waals surface area contributed by atoms with Crippen molar-refractivity contribution in [2.45, 2.75) is 31.9 Å². The molecule has 0 N–H and O–H groups in total. The van der Waals surface area contributed by atoms with Crippen molar-refractivity contribution in [2.75, 3.05) is 11.4 Å². The van der Waals surface area contributed by atoms with E-state index in [1.54, 1.807) is 0 Å². The number of halogens is 1. The zero-order valence-corrected chi connectivity index (χ0v) is 13.7. The summed E-state index contributed by atoms with van der Waals surface area (Å²) in [5.74, 6) is 0.819. The normalized spacial score (nSPS) is 17.3. The summed E-state index contributed by atoms with van der Waals surface area (Å²) in [5.41, 5.74) is 2.09. The Hall–Kier alpha value is -2.00. The van der Waals surface area contributed by atoms with Gasteiger partial charge in [0, 0.05) is 41.3 Å². The molecular formula is C19H20ClNO2.